The molecule has 4 aromatic rings. The van der Waals surface area contributed by atoms with Crippen molar-refractivity contribution in [1.29, 1.82) is 0 Å². The van der Waals surface area contributed by atoms with E-state index in [0.717, 1.165) is 28.2 Å². The van der Waals surface area contributed by atoms with E-state index in [1.165, 1.54) is 0 Å². The SMILES string of the molecule is C/C(=N/Nc1cc(N/N=C(/C)c2ccncc2)nc(Nc2ccccc2)n1)c1ccncc1. The van der Waals surface area contributed by atoms with Gasteiger partial charge in [-0.05, 0) is 50.2 Å². The number of pyridine rings is 2. The summed E-state index contributed by atoms with van der Waals surface area (Å²) in [5.41, 5.74) is 10.4. The van der Waals surface area contributed by atoms with Gasteiger partial charge < -0.3 is 5.32 Å². The molecule has 0 aliphatic rings. The molecule has 0 spiro atoms. The number of hydrazone groups is 2. The molecule has 0 amide bonds. The van der Waals surface area contributed by atoms with Crippen LogP contribution in [0.2, 0.25) is 0 Å². The Bertz CT molecular complexity index is 1170. The van der Waals surface area contributed by atoms with Gasteiger partial charge in [0, 0.05) is 47.7 Å². The van der Waals surface area contributed by atoms with E-state index in [-0.39, 0.29) is 0 Å². The third-order valence-electron chi connectivity index (χ3n) is 4.63. The Morgan fingerprint density at radius 3 is 1.64 bits per heavy atom. The number of para-hydroxylation sites is 1. The zero-order valence-corrected chi connectivity index (χ0v) is 18.3. The standard InChI is InChI=1S/C24H23N9/c1-17(19-8-12-25-13-9-19)30-32-22-16-23(33-31-18(2)20-10-14-26-15-11-20)29-24(28-22)27-21-6-4-3-5-7-21/h3-16H,1-2H3,(H3,27,28,29,32,33)/b30-17-,31-18-. The molecule has 9 heteroatoms. The number of hydrogen-bond donors (Lipinski definition) is 3. The monoisotopic (exact) mass is 437 g/mol. The molecule has 0 atom stereocenters. The molecule has 9 nitrogen and oxygen atoms in total. The summed E-state index contributed by atoms with van der Waals surface area (Å²) in [6.07, 6.45) is 6.91. The summed E-state index contributed by atoms with van der Waals surface area (Å²) in [6.45, 7) is 3.82. The fourth-order valence-corrected chi connectivity index (χ4v) is 2.87. The van der Waals surface area contributed by atoms with Crippen molar-refractivity contribution in [1.82, 2.24) is 19.9 Å². The lowest BCUT2D eigenvalue weighted by atomic mass is 10.2. The first-order valence-corrected chi connectivity index (χ1v) is 10.3. The molecule has 0 saturated carbocycles. The van der Waals surface area contributed by atoms with Crippen molar-refractivity contribution in [2.75, 3.05) is 16.2 Å². The molecule has 1 aromatic carbocycles. The number of nitrogens with zero attached hydrogens (tertiary/aromatic N) is 6. The average molecular weight is 438 g/mol. The highest BCUT2D eigenvalue weighted by atomic mass is 15.4. The summed E-state index contributed by atoms with van der Waals surface area (Å²) < 4.78 is 0. The Balaban J connectivity index is 1.59. The Hall–Kier alpha value is -4.66. The van der Waals surface area contributed by atoms with Crippen molar-refractivity contribution in [2.24, 2.45) is 10.2 Å². The van der Waals surface area contributed by atoms with Crippen LogP contribution in [0.1, 0.15) is 25.0 Å². The molecule has 0 radical (unpaired) electrons. The normalized spacial score (nSPS) is 11.7. The minimum Gasteiger partial charge on any atom is -0.324 e. The highest BCUT2D eigenvalue weighted by Gasteiger charge is 2.06. The van der Waals surface area contributed by atoms with E-state index in [9.17, 15) is 0 Å². The molecule has 0 aliphatic heterocycles. The van der Waals surface area contributed by atoms with Crippen LogP contribution < -0.4 is 16.2 Å². The summed E-state index contributed by atoms with van der Waals surface area (Å²) >= 11 is 0. The van der Waals surface area contributed by atoms with E-state index in [4.69, 9.17) is 0 Å². The van der Waals surface area contributed by atoms with Crippen LogP contribution >= 0.6 is 0 Å². The van der Waals surface area contributed by atoms with Gasteiger partial charge in [0.05, 0.1) is 11.4 Å². The maximum atomic E-state index is 4.53. The molecular weight excluding hydrogens is 414 g/mol. The maximum absolute atomic E-state index is 4.53. The van der Waals surface area contributed by atoms with Gasteiger partial charge in [-0.1, -0.05) is 18.2 Å². The summed E-state index contributed by atoms with van der Waals surface area (Å²) in [5, 5.41) is 12.1. The molecule has 4 rings (SSSR count). The molecule has 3 N–H and O–H groups in total. The third kappa shape index (κ3) is 6.17. The molecule has 164 valence electrons. The topological polar surface area (TPSA) is 112 Å². The van der Waals surface area contributed by atoms with Crippen LogP contribution in [0.5, 0.6) is 0 Å². The quantitative estimate of drug-likeness (QED) is 0.271. The molecular formula is C24H23N9. The van der Waals surface area contributed by atoms with Gasteiger partial charge in [-0.3, -0.25) is 20.8 Å². The van der Waals surface area contributed by atoms with Crippen LogP contribution in [0.3, 0.4) is 0 Å². The van der Waals surface area contributed by atoms with Crippen molar-refractivity contribution in [3.63, 3.8) is 0 Å². The van der Waals surface area contributed by atoms with E-state index < -0.39 is 0 Å². The predicted octanol–water partition coefficient (Wildman–Crippen LogP) is 4.68. The number of rotatable bonds is 8. The summed E-state index contributed by atoms with van der Waals surface area (Å²) in [6, 6.07) is 19.0. The first-order valence-electron chi connectivity index (χ1n) is 10.3. The van der Waals surface area contributed by atoms with Gasteiger partial charge in [0.1, 0.15) is 0 Å². The van der Waals surface area contributed by atoms with Crippen LogP contribution in [0.15, 0.2) is 95.7 Å². The first kappa shape index (κ1) is 21.6. The van der Waals surface area contributed by atoms with Crippen LogP contribution in [0.25, 0.3) is 0 Å². The molecule has 0 unspecified atom stereocenters. The Morgan fingerprint density at radius 2 is 1.15 bits per heavy atom. The first-order chi connectivity index (χ1) is 16.2. The van der Waals surface area contributed by atoms with E-state index >= 15 is 0 Å². The van der Waals surface area contributed by atoms with Crippen molar-refractivity contribution < 1.29 is 0 Å². The number of benzene rings is 1. The summed E-state index contributed by atoms with van der Waals surface area (Å²) in [4.78, 5) is 17.1. The zero-order valence-electron chi connectivity index (χ0n) is 18.3. The van der Waals surface area contributed by atoms with Crippen LogP contribution in [0.4, 0.5) is 23.3 Å². The average Bonchev–Trinajstić information content (AvgIpc) is 2.87. The van der Waals surface area contributed by atoms with Gasteiger partial charge in [-0.2, -0.15) is 20.2 Å². The molecule has 0 fully saturated rings. The molecule has 3 heterocycles. The van der Waals surface area contributed by atoms with E-state index in [2.05, 4.69) is 46.3 Å². The largest absolute Gasteiger partial charge is 0.324 e. The van der Waals surface area contributed by atoms with Crippen molar-refractivity contribution in [2.45, 2.75) is 13.8 Å². The maximum Gasteiger partial charge on any atom is 0.231 e. The predicted molar refractivity (Wildman–Crippen MR) is 132 cm³/mol. The lowest BCUT2D eigenvalue weighted by Gasteiger charge is -2.10. The highest BCUT2D eigenvalue weighted by Crippen LogP contribution is 2.19. The van der Waals surface area contributed by atoms with E-state index in [1.54, 1.807) is 30.9 Å². The lowest BCUT2D eigenvalue weighted by molar-refractivity contribution is 1.12. The van der Waals surface area contributed by atoms with E-state index in [0.29, 0.717) is 17.6 Å². The van der Waals surface area contributed by atoms with Gasteiger partial charge in [-0.25, -0.2) is 0 Å². The Morgan fingerprint density at radius 1 is 0.667 bits per heavy atom. The van der Waals surface area contributed by atoms with Gasteiger partial charge in [0.2, 0.25) is 5.95 Å². The third-order valence-corrected chi connectivity index (χ3v) is 4.63. The minimum atomic E-state index is 0.405. The Labute approximate surface area is 191 Å². The van der Waals surface area contributed by atoms with E-state index in [1.807, 2.05) is 68.4 Å². The number of nitrogens with one attached hydrogen (secondary N) is 3. The Kier molecular flexibility index (Phi) is 6.92. The van der Waals surface area contributed by atoms with Gasteiger partial charge in [0.15, 0.2) is 11.6 Å². The lowest BCUT2D eigenvalue weighted by Crippen LogP contribution is -2.06. The second-order valence-corrected chi connectivity index (χ2v) is 7.04. The minimum absolute atomic E-state index is 0.405. The summed E-state index contributed by atoms with van der Waals surface area (Å²) in [7, 11) is 0. The fourth-order valence-electron chi connectivity index (χ4n) is 2.87. The number of anilines is 4. The zero-order chi connectivity index (χ0) is 22.9. The van der Waals surface area contributed by atoms with Crippen molar-refractivity contribution in [3.05, 3.63) is 96.6 Å². The smallest absolute Gasteiger partial charge is 0.231 e. The molecule has 33 heavy (non-hydrogen) atoms. The highest BCUT2D eigenvalue weighted by molar-refractivity contribution is 5.99. The van der Waals surface area contributed by atoms with Gasteiger partial charge in [-0.15, -0.1) is 0 Å². The van der Waals surface area contributed by atoms with Crippen molar-refractivity contribution >= 4 is 34.7 Å². The molecule has 0 aliphatic carbocycles. The van der Waals surface area contributed by atoms with Crippen molar-refractivity contribution in [3.8, 4) is 0 Å². The van der Waals surface area contributed by atoms with Crippen LogP contribution in [0, 0.1) is 0 Å². The fraction of sp³-hybridized carbons (Fsp3) is 0.0833. The van der Waals surface area contributed by atoms with Gasteiger partial charge in [0.25, 0.3) is 0 Å². The van der Waals surface area contributed by atoms with Crippen LogP contribution in [-0.2, 0) is 0 Å². The number of hydrogen-bond acceptors (Lipinski definition) is 9. The number of aromatic nitrogens is 4. The molecule has 3 aromatic heterocycles. The molecule has 0 saturated heterocycles. The van der Waals surface area contributed by atoms with Gasteiger partial charge >= 0.3 is 0 Å². The van der Waals surface area contributed by atoms with Crippen LogP contribution in [-0.4, -0.2) is 31.4 Å². The second-order valence-electron chi connectivity index (χ2n) is 7.04. The summed E-state index contributed by atoms with van der Waals surface area (Å²) in [5.74, 6) is 1.43. The second kappa shape index (κ2) is 10.6. The molecule has 0 bridgehead atoms.